The highest BCUT2D eigenvalue weighted by Gasteiger charge is 2.29. The Labute approximate surface area is 267 Å². The van der Waals surface area contributed by atoms with Crippen LogP contribution in [0, 0.1) is 6.92 Å². The Balaban J connectivity index is 0.967. The summed E-state index contributed by atoms with van der Waals surface area (Å²) in [5.74, 6) is 1.55. The molecule has 3 aromatic heterocycles. The van der Waals surface area contributed by atoms with E-state index in [0.717, 1.165) is 83.5 Å². The second-order valence-corrected chi connectivity index (χ2v) is 12.3. The Bertz CT molecular complexity index is 1930. The molecule has 1 atom stereocenters. The quantitative estimate of drug-likeness (QED) is 0.235. The molecule has 0 aliphatic carbocycles. The molecule has 12 nitrogen and oxygen atoms in total. The van der Waals surface area contributed by atoms with Crippen LogP contribution >= 0.6 is 0 Å². The van der Waals surface area contributed by atoms with Gasteiger partial charge in [-0.05, 0) is 73.5 Å². The van der Waals surface area contributed by atoms with Crippen LogP contribution in [-0.4, -0.2) is 74.0 Å². The Hall–Kier alpha value is -4.81. The number of nitrogens with two attached hydrogens (primary N) is 1. The molecule has 12 heteroatoms. The first kappa shape index (κ1) is 29.9. The minimum atomic E-state index is -0.417. The molecule has 5 heterocycles. The molecule has 2 saturated heterocycles. The number of carbonyl (C=O) groups is 2. The van der Waals surface area contributed by atoms with E-state index in [4.69, 9.17) is 10.5 Å². The van der Waals surface area contributed by atoms with Gasteiger partial charge in [-0.15, -0.1) is 0 Å². The van der Waals surface area contributed by atoms with Crippen LogP contribution in [0.2, 0.25) is 0 Å². The van der Waals surface area contributed by atoms with Crippen molar-refractivity contribution in [2.45, 2.75) is 45.1 Å². The zero-order chi connectivity index (χ0) is 31.8. The fourth-order valence-electron chi connectivity index (χ4n) is 6.76. The molecule has 1 unspecified atom stereocenters. The van der Waals surface area contributed by atoms with Crippen molar-refractivity contribution in [2.75, 3.05) is 37.7 Å². The summed E-state index contributed by atoms with van der Waals surface area (Å²) in [6, 6.07) is 14.3. The molecule has 0 spiro atoms. The number of anilines is 1. The average Bonchev–Trinajstić information content (AvgIpc) is 3.63. The van der Waals surface area contributed by atoms with Gasteiger partial charge in [0.2, 0.25) is 5.91 Å². The summed E-state index contributed by atoms with van der Waals surface area (Å²) in [4.78, 5) is 32.7. The minimum absolute atomic E-state index is 0.250. The third kappa shape index (κ3) is 5.81. The van der Waals surface area contributed by atoms with Crippen LogP contribution in [-0.2, 0) is 18.4 Å². The summed E-state index contributed by atoms with van der Waals surface area (Å²) in [5.41, 5.74) is 13.2. The fraction of sp³-hybridized carbons (Fsp3) is 0.382. The standard InChI is InChI=1S/C34H39N9O3/c1-22-15-24(6-7-25(22)18-35)32-30-17-27(20-43(30)37-21-36-32)46-14-4-12-41-11-3-5-26(19-41)23-8-9-28-29(16-23)40(2)39-33(28)42-13-10-31(44)38-34(42)45/h6-9,15-17,20-21,26H,3-5,10-14,18-19,35H2,1-2H3,(H,38,44,45). The van der Waals surface area contributed by atoms with Gasteiger partial charge in [0.05, 0.1) is 29.5 Å². The average molecular weight is 622 g/mol. The van der Waals surface area contributed by atoms with Gasteiger partial charge in [-0.2, -0.15) is 10.2 Å². The van der Waals surface area contributed by atoms with Crippen molar-refractivity contribution in [1.29, 1.82) is 0 Å². The lowest BCUT2D eigenvalue weighted by atomic mass is 9.90. The van der Waals surface area contributed by atoms with Crippen LogP contribution < -0.4 is 20.7 Å². The number of nitrogens with one attached hydrogen (secondary N) is 1. The number of likely N-dealkylation sites (tertiary alicyclic amines) is 1. The van der Waals surface area contributed by atoms with Crippen molar-refractivity contribution >= 4 is 34.2 Å². The third-order valence-corrected chi connectivity index (χ3v) is 9.25. The first-order valence-corrected chi connectivity index (χ1v) is 15.9. The predicted octanol–water partition coefficient (Wildman–Crippen LogP) is 4.14. The topological polar surface area (TPSA) is 136 Å². The molecule has 3 amide bonds. The van der Waals surface area contributed by atoms with E-state index in [9.17, 15) is 9.59 Å². The van der Waals surface area contributed by atoms with Crippen LogP contribution in [0.25, 0.3) is 27.7 Å². The number of nitrogens with zero attached hydrogens (tertiary/aromatic N) is 7. The molecule has 2 aliphatic rings. The van der Waals surface area contributed by atoms with Gasteiger partial charge in [0.25, 0.3) is 0 Å². The van der Waals surface area contributed by atoms with Crippen molar-refractivity contribution in [3.05, 3.63) is 71.7 Å². The van der Waals surface area contributed by atoms with Crippen molar-refractivity contribution in [3.63, 3.8) is 0 Å². The summed E-state index contributed by atoms with van der Waals surface area (Å²) < 4.78 is 9.83. The number of aromatic nitrogens is 5. The highest BCUT2D eigenvalue weighted by atomic mass is 16.5. The zero-order valence-electron chi connectivity index (χ0n) is 26.3. The monoisotopic (exact) mass is 621 g/mol. The molecule has 7 rings (SSSR count). The molecule has 2 aliphatic heterocycles. The van der Waals surface area contributed by atoms with Crippen LogP contribution in [0.5, 0.6) is 5.75 Å². The van der Waals surface area contributed by atoms with E-state index in [0.29, 0.717) is 31.4 Å². The Morgan fingerprint density at radius 1 is 1.09 bits per heavy atom. The second-order valence-electron chi connectivity index (χ2n) is 12.3. The Kier molecular flexibility index (Phi) is 8.14. The number of piperidine rings is 1. The highest BCUT2D eigenvalue weighted by Crippen LogP contribution is 2.33. The van der Waals surface area contributed by atoms with Crippen molar-refractivity contribution in [2.24, 2.45) is 12.8 Å². The van der Waals surface area contributed by atoms with Crippen molar-refractivity contribution in [1.82, 2.24) is 34.6 Å². The largest absolute Gasteiger partial charge is 0.492 e. The zero-order valence-corrected chi connectivity index (χ0v) is 26.3. The molecule has 0 radical (unpaired) electrons. The number of carbonyl (C=O) groups excluding carboxylic acids is 2. The van der Waals surface area contributed by atoms with E-state index < -0.39 is 6.03 Å². The molecular formula is C34H39N9O3. The van der Waals surface area contributed by atoms with Gasteiger partial charge in [0.15, 0.2) is 5.82 Å². The summed E-state index contributed by atoms with van der Waals surface area (Å²) in [7, 11) is 1.90. The number of rotatable bonds is 9. The van der Waals surface area contributed by atoms with Crippen LogP contribution in [0.1, 0.15) is 48.3 Å². The van der Waals surface area contributed by atoms with Gasteiger partial charge in [-0.3, -0.25) is 19.7 Å². The van der Waals surface area contributed by atoms with E-state index >= 15 is 0 Å². The molecular weight excluding hydrogens is 582 g/mol. The summed E-state index contributed by atoms with van der Waals surface area (Å²) >= 11 is 0. The molecule has 46 heavy (non-hydrogen) atoms. The van der Waals surface area contributed by atoms with E-state index in [-0.39, 0.29) is 12.3 Å². The van der Waals surface area contributed by atoms with E-state index in [1.165, 1.54) is 5.56 Å². The van der Waals surface area contributed by atoms with Gasteiger partial charge < -0.3 is 15.4 Å². The van der Waals surface area contributed by atoms with Gasteiger partial charge in [0, 0.05) is 56.7 Å². The lowest BCUT2D eigenvalue weighted by Crippen LogP contribution is -2.49. The van der Waals surface area contributed by atoms with E-state index in [1.54, 1.807) is 11.2 Å². The van der Waals surface area contributed by atoms with Gasteiger partial charge in [-0.25, -0.2) is 14.3 Å². The molecule has 3 N–H and O–H groups in total. The Morgan fingerprint density at radius 3 is 2.80 bits per heavy atom. The second kappa shape index (κ2) is 12.5. The molecule has 0 saturated carbocycles. The number of imide groups is 1. The number of amides is 3. The van der Waals surface area contributed by atoms with Gasteiger partial charge in [0.1, 0.15) is 12.1 Å². The summed E-state index contributed by atoms with van der Waals surface area (Å²) in [5, 5.41) is 12.3. The van der Waals surface area contributed by atoms with Crippen LogP contribution in [0.15, 0.2) is 55.0 Å². The predicted molar refractivity (Wildman–Crippen MR) is 176 cm³/mol. The first-order chi connectivity index (χ1) is 22.4. The SMILES string of the molecule is Cc1cc(-c2ncnn3cc(OCCCN4CCCC(c5ccc6c(N7CCC(=O)NC7=O)nn(C)c6c5)C4)cc23)ccc1CN. The first-order valence-electron chi connectivity index (χ1n) is 15.9. The van der Waals surface area contributed by atoms with Crippen LogP contribution in [0.4, 0.5) is 10.6 Å². The van der Waals surface area contributed by atoms with Crippen molar-refractivity contribution in [3.8, 4) is 17.0 Å². The molecule has 5 aromatic rings. The number of fused-ring (bicyclic) bond motifs is 2. The number of aryl methyl sites for hydroxylation is 2. The summed E-state index contributed by atoms with van der Waals surface area (Å²) in [6.07, 6.45) is 6.95. The Morgan fingerprint density at radius 2 is 1.98 bits per heavy atom. The maximum Gasteiger partial charge on any atom is 0.329 e. The fourth-order valence-corrected chi connectivity index (χ4v) is 6.76. The third-order valence-electron chi connectivity index (χ3n) is 9.25. The number of hydrogen-bond acceptors (Lipinski definition) is 8. The number of benzene rings is 2. The summed E-state index contributed by atoms with van der Waals surface area (Å²) in [6.45, 7) is 6.56. The molecule has 2 aromatic carbocycles. The number of urea groups is 1. The maximum atomic E-state index is 12.5. The number of ether oxygens (including phenoxy) is 1. The van der Waals surface area contributed by atoms with Crippen LogP contribution in [0.3, 0.4) is 0 Å². The van der Waals surface area contributed by atoms with E-state index in [2.05, 4.69) is 68.7 Å². The maximum absolute atomic E-state index is 12.5. The molecule has 2 fully saturated rings. The van der Waals surface area contributed by atoms with Gasteiger partial charge >= 0.3 is 6.03 Å². The highest BCUT2D eigenvalue weighted by molar-refractivity contribution is 6.08. The normalized spacial score (nSPS) is 17.6. The molecule has 238 valence electrons. The number of hydrogen-bond donors (Lipinski definition) is 2. The van der Waals surface area contributed by atoms with E-state index in [1.807, 2.05) is 28.5 Å². The lowest BCUT2D eigenvalue weighted by Gasteiger charge is -2.33. The van der Waals surface area contributed by atoms with Gasteiger partial charge in [-0.1, -0.05) is 18.2 Å². The smallest absolute Gasteiger partial charge is 0.329 e. The minimum Gasteiger partial charge on any atom is -0.492 e. The van der Waals surface area contributed by atoms with Crippen molar-refractivity contribution < 1.29 is 14.3 Å². The lowest BCUT2D eigenvalue weighted by molar-refractivity contribution is -0.120. The molecule has 0 bridgehead atoms.